The Morgan fingerprint density at radius 3 is 2.47 bits per heavy atom. The van der Waals surface area contributed by atoms with Gasteiger partial charge in [-0.1, -0.05) is 30.3 Å². The standard InChI is InChI=1S/C15H16O3S/c1-3-18-15-10-5-4-9-14(15)12-7-6-8-13(11-12)19(2,16)17/h4-11H,3H2,1-2H3. The molecule has 0 N–H and O–H groups in total. The lowest BCUT2D eigenvalue weighted by atomic mass is 10.0. The predicted molar refractivity (Wildman–Crippen MR) is 76.2 cm³/mol. The molecule has 2 aromatic carbocycles. The van der Waals surface area contributed by atoms with Crippen molar-refractivity contribution in [3.05, 3.63) is 48.5 Å². The van der Waals surface area contributed by atoms with Gasteiger partial charge in [0.2, 0.25) is 0 Å². The van der Waals surface area contributed by atoms with Crippen LogP contribution in [0, 0.1) is 0 Å². The van der Waals surface area contributed by atoms with Gasteiger partial charge < -0.3 is 4.74 Å². The molecule has 0 atom stereocenters. The van der Waals surface area contributed by atoms with Gasteiger partial charge in [0.15, 0.2) is 9.84 Å². The van der Waals surface area contributed by atoms with Crippen LogP contribution in [-0.2, 0) is 9.84 Å². The second kappa shape index (κ2) is 5.45. The van der Waals surface area contributed by atoms with Gasteiger partial charge in [-0.05, 0) is 30.7 Å². The van der Waals surface area contributed by atoms with Gasteiger partial charge in [0.25, 0.3) is 0 Å². The highest BCUT2D eigenvalue weighted by Gasteiger charge is 2.10. The minimum atomic E-state index is -3.20. The number of para-hydroxylation sites is 1. The summed E-state index contributed by atoms with van der Waals surface area (Å²) in [7, 11) is -3.20. The van der Waals surface area contributed by atoms with Crippen molar-refractivity contribution in [1.82, 2.24) is 0 Å². The van der Waals surface area contributed by atoms with Crippen LogP contribution in [0.1, 0.15) is 6.92 Å². The van der Waals surface area contributed by atoms with Crippen molar-refractivity contribution in [1.29, 1.82) is 0 Å². The lowest BCUT2D eigenvalue weighted by Gasteiger charge is -2.10. The molecule has 0 unspecified atom stereocenters. The van der Waals surface area contributed by atoms with Crippen LogP contribution in [0.2, 0.25) is 0 Å². The zero-order valence-electron chi connectivity index (χ0n) is 11.0. The number of rotatable bonds is 4. The Kier molecular flexibility index (Phi) is 3.90. The Hall–Kier alpha value is -1.81. The Morgan fingerprint density at radius 1 is 1.05 bits per heavy atom. The summed E-state index contributed by atoms with van der Waals surface area (Å²) in [5, 5.41) is 0. The molecule has 2 rings (SSSR count). The molecule has 0 aliphatic carbocycles. The first-order chi connectivity index (χ1) is 9.02. The molecule has 0 spiro atoms. The molecule has 0 heterocycles. The van der Waals surface area contributed by atoms with E-state index >= 15 is 0 Å². The molecule has 0 aliphatic rings. The normalized spacial score (nSPS) is 11.3. The minimum absolute atomic E-state index is 0.316. The van der Waals surface area contributed by atoms with Gasteiger partial charge in [0.05, 0.1) is 11.5 Å². The average molecular weight is 276 g/mol. The number of benzene rings is 2. The molecule has 0 saturated heterocycles. The fourth-order valence-electron chi connectivity index (χ4n) is 1.88. The lowest BCUT2D eigenvalue weighted by Crippen LogP contribution is -1.98. The van der Waals surface area contributed by atoms with E-state index in [0.717, 1.165) is 16.9 Å². The maximum atomic E-state index is 11.6. The smallest absolute Gasteiger partial charge is 0.175 e. The van der Waals surface area contributed by atoms with E-state index in [0.29, 0.717) is 11.5 Å². The highest BCUT2D eigenvalue weighted by atomic mass is 32.2. The summed E-state index contributed by atoms with van der Waals surface area (Å²) in [6.07, 6.45) is 1.21. The van der Waals surface area contributed by atoms with Crippen LogP contribution in [0.5, 0.6) is 5.75 Å². The molecule has 4 heteroatoms. The number of sulfone groups is 1. The Bertz CT molecular complexity index is 675. The van der Waals surface area contributed by atoms with E-state index < -0.39 is 9.84 Å². The van der Waals surface area contributed by atoms with E-state index in [1.165, 1.54) is 6.26 Å². The van der Waals surface area contributed by atoms with Crippen LogP contribution in [0.3, 0.4) is 0 Å². The fourth-order valence-corrected chi connectivity index (χ4v) is 2.55. The van der Waals surface area contributed by atoms with Gasteiger partial charge in [-0.3, -0.25) is 0 Å². The van der Waals surface area contributed by atoms with E-state index in [9.17, 15) is 8.42 Å². The van der Waals surface area contributed by atoms with Crippen LogP contribution in [0.4, 0.5) is 0 Å². The summed E-state index contributed by atoms with van der Waals surface area (Å²) in [6.45, 7) is 2.49. The molecule has 0 amide bonds. The van der Waals surface area contributed by atoms with Crippen LogP contribution < -0.4 is 4.74 Å². The van der Waals surface area contributed by atoms with Crippen LogP contribution in [0.15, 0.2) is 53.4 Å². The van der Waals surface area contributed by atoms with Crippen molar-refractivity contribution in [3.63, 3.8) is 0 Å². The molecule has 0 saturated carbocycles. The second-order valence-electron chi connectivity index (χ2n) is 4.23. The molecule has 0 fully saturated rings. The van der Waals surface area contributed by atoms with Crippen LogP contribution in [-0.4, -0.2) is 21.3 Å². The number of ether oxygens (including phenoxy) is 1. The first-order valence-corrected chi connectivity index (χ1v) is 7.94. The third-order valence-corrected chi connectivity index (χ3v) is 3.87. The summed E-state index contributed by atoms with van der Waals surface area (Å²) in [4.78, 5) is 0.316. The minimum Gasteiger partial charge on any atom is -0.493 e. The molecular weight excluding hydrogens is 260 g/mol. The molecule has 2 aromatic rings. The monoisotopic (exact) mass is 276 g/mol. The predicted octanol–water partition coefficient (Wildman–Crippen LogP) is 3.16. The largest absolute Gasteiger partial charge is 0.493 e. The summed E-state index contributed by atoms with van der Waals surface area (Å²) in [6, 6.07) is 14.5. The summed E-state index contributed by atoms with van der Waals surface area (Å²) in [5.41, 5.74) is 1.74. The molecule has 0 radical (unpaired) electrons. The summed E-state index contributed by atoms with van der Waals surface area (Å²) >= 11 is 0. The maximum Gasteiger partial charge on any atom is 0.175 e. The van der Waals surface area contributed by atoms with Crippen molar-refractivity contribution in [2.75, 3.05) is 12.9 Å². The summed E-state index contributed by atoms with van der Waals surface area (Å²) < 4.78 is 28.8. The molecule has 19 heavy (non-hydrogen) atoms. The molecule has 3 nitrogen and oxygen atoms in total. The highest BCUT2D eigenvalue weighted by molar-refractivity contribution is 7.90. The van der Waals surface area contributed by atoms with Crippen molar-refractivity contribution in [2.24, 2.45) is 0 Å². The summed E-state index contributed by atoms with van der Waals surface area (Å²) in [5.74, 6) is 0.760. The number of hydrogen-bond acceptors (Lipinski definition) is 3. The van der Waals surface area contributed by atoms with Crippen LogP contribution >= 0.6 is 0 Å². The maximum absolute atomic E-state index is 11.6. The second-order valence-corrected chi connectivity index (χ2v) is 6.24. The van der Waals surface area contributed by atoms with E-state index in [4.69, 9.17) is 4.74 Å². The van der Waals surface area contributed by atoms with Crippen LogP contribution in [0.25, 0.3) is 11.1 Å². The van der Waals surface area contributed by atoms with E-state index in [-0.39, 0.29) is 0 Å². The Morgan fingerprint density at radius 2 is 1.79 bits per heavy atom. The first-order valence-electron chi connectivity index (χ1n) is 6.04. The zero-order valence-corrected chi connectivity index (χ0v) is 11.8. The van der Waals surface area contributed by atoms with Crippen molar-refractivity contribution in [2.45, 2.75) is 11.8 Å². The fraction of sp³-hybridized carbons (Fsp3) is 0.200. The SMILES string of the molecule is CCOc1ccccc1-c1cccc(S(C)(=O)=O)c1. The lowest BCUT2D eigenvalue weighted by molar-refractivity contribution is 0.341. The van der Waals surface area contributed by atoms with Gasteiger partial charge in [-0.2, -0.15) is 0 Å². The third-order valence-electron chi connectivity index (χ3n) is 2.76. The zero-order chi connectivity index (χ0) is 13.9. The van der Waals surface area contributed by atoms with Crippen molar-refractivity contribution in [3.8, 4) is 16.9 Å². The van der Waals surface area contributed by atoms with E-state index in [1.807, 2.05) is 37.3 Å². The molecule has 0 bridgehead atoms. The van der Waals surface area contributed by atoms with Gasteiger partial charge in [0, 0.05) is 11.8 Å². The third kappa shape index (κ3) is 3.15. The highest BCUT2D eigenvalue weighted by Crippen LogP contribution is 2.31. The Balaban J connectivity index is 2.54. The topological polar surface area (TPSA) is 43.4 Å². The van der Waals surface area contributed by atoms with Gasteiger partial charge in [0.1, 0.15) is 5.75 Å². The molecule has 100 valence electrons. The van der Waals surface area contributed by atoms with Crippen molar-refractivity contribution >= 4 is 9.84 Å². The average Bonchev–Trinajstić information content (AvgIpc) is 2.39. The van der Waals surface area contributed by atoms with E-state index in [2.05, 4.69) is 0 Å². The Labute approximate surface area is 113 Å². The van der Waals surface area contributed by atoms with Gasteiger partial charge >= 0.3 is 0 Å². The molecular formula is C15H16O3S. The van der Waals surface area contributed by atoms with E-state index in [1.54, 1.807) is 18.2 Å². The number of hydrogen-bond donors (Lipinski definition) is 0. The molecule has 0 aromatic heterocycles. The van der Waals surface area contributed by atoms with Crippen molar-refractivity contribution < 1.29 is 13.2 Å². The molecule has 0 aliphatic heterocycles. The van der Waals surface area contributed by atoms with Gasteiger partial charge in [-0.25, -0.2) is 8.42 Å². The van der Waals surface area contributed by atoms with Gasteiger partial charge in [-0.15, -0.1) is 0 Å². The first kappa shape index (κ1) is 13.6. The quantitative estimate of drug-likeness (QED) is 0.861.